The molecule has 0 amide bonds. The second-order valence-corrected chi connectivity index (χ2v) is 2.61. The van der Waals surface area contributed by atoms with E-state index in [-0.39, 0.29) is 37.1 Å². The molecule has 0 bridgehead atoms. The van der Waals surface area contributed by atoms with Crippen molar-refractivity contribution in [3.63, 3.8) is 0 Å². The molecule has 4 N–H and O–H groups in total. The molecule has 1 aromatic rings. The van der Waals surface area contributed by atoms with Gasteiger partial charge in [-0.1, -0.05) is 0 Å². The van der Waals surface area contributed by atoms with E-state index in [1.54, 1.807) is 6.92 Å². The van der Waals surface area contributed by atoms with Crippen LogP contribution in [0.2, 0.25) is 0 Å². The van der Waals surface area contributed by atoms with Crippen molar-refractivity contribution in [3.05, 3.63) is 5.56 Å². The zero-order valence-corrected chi connectivity index (χ0v) is 8.32. The number of ether oxygens (including phenoxy) is 2. The van der Waals surface area contributed by atoms with E-state index in [9.17, 15) is 4.79 Å². The van der Waals surface area contributed by atoms with Crippen molar-refractivity contribution in [1.29, 1.82) is 0 Å². The molecule has 0 radical (unpaired) electrons. The monoisotopic (exact) mass is 215 g/mol. The van der Waals surface area contributed by atoms with Crippen LogP contribution in [-0.4, -0.2) is 41.1 Å². The molecule has 0 aliphatic rings. The first-order valence-electron chi connectivity index (χ1n) is 4.45. The SMILES string of the molecule is CCOC(=O)c1c(OCCO)n[nH]c1N. The number of esters is 1. The molecule has 0 saturated heterocycles. The molecule has 7 heteroatoms. The third kappa shape index (κ3) is 2.59. The normalized spacial score (nSPS) is 10.0. The number of nitrogens with one attached hydrogen (secondary N) is 1. The minimum Gasteiger partial charge on any atom is -0.474 e. The van der Waals surface area contributed by atoms with Crippen LogP contribution in [0, 0.1) is 0 Å². The molecular formula is C8H13N3O4. The molecule has 0 aliphatic heterocycles. The lowest BCUT2D eigenvalue weighted by Gasteiger charge is -2.03. The number of nitrogens with zero attached hydrogens (tertiary/aromatic N) is 1. The van der Waals surface area contributed by atoms with Crippen LogP contribution < -0.4 is 10.5 Å². The average molecular weight is 215 g/mol. The molecule has 0 saturated carbocycles. The van der Waals surface area contributed by atoms with Crippen molar-refractivity contribution < 1.29 is 19.4 Å². The molecule has 84 valence electrons. The predicted molar refractivity (Wildman–Crippen MR) is 51.5 cm³/mol. The summed E-state index contributed by atoms with van der Waals surface area (Å²) in [5.41, 5.74) is 5.54. The molecule has 0 unspecified atom stereocenters. The number of nitrogens with two attached hydrogens (primary N) is 1. The topological polar surface area (TPSA) is 110 Å². The van der Waals surface area contributed by atoms with Crippen LogP contribution in [0.3, 0.4) is 0 Å². The summed E-state index contributed by atoms with van der Waals surface area (Å²) in [5.74, 6) is -0.474. The van der Waals surface area contributed by atoms with Crippen LogP contribution >= 0.6 is 0 Å². The Balaban J connectivity index is 2.83. The molecule has 0 atom stereocenters. The van der Waals surface area contributed by atoms with E-state index < -0.39 is 5.97 Å². The fourth-order valence-electron chi connectivity index (χ4n) is 0.985. The molecule has 0 spiro atoms. The number of aliphatic hydroxyl groups is 1. The Kier molecular flexibility index (Phi) is 3.92. The maximum atomic E-state index is 11.4. The fourth-order valence-corrected chi connectivity index (χ4v) is 0.985. The lowest BCUT2D eigenvalue weighted by Crippen LogP contribution is -2.10. The Morgan fingerprint density at radius 1 is 1.67 bits per heavy atom. The van der Waals surface area contributed by atoms with Gasteiger partial charge in [0.05, 0.1) is 13.2 Å². The number of nitrogen functional groups attached to an aromatic ring is 1. The molecule has 0 aliphatic carbocycles. The maximum absolute atomic E-state index is 11.4. The van der Waals surface area contributed by atoms with Crippen LogP contribution in [0.5, 0.6) is 5.88 Å². The van der Waals surface area contributed by atoms with E-state index in [0.717, 1.165) is 0 Å². The highest BCUT2D eigenvalue weighted by molar-refractivity contribution is 5.96. The number of aliphatic hydroxyl groups excluding tert-OH is 1. The van der Waals surface area contributed by atoms with Gasteiger partial charge in [0.25, 0.3) is 0 Å². The van der Waals surface area contributed by atoms with Crippen molar-refractivity contribution in [3.8, 4) is 5.88 Å². The number of anilines is 1. The smallest absolute Gasteiger partial charge is 0.347 e. The lowest BCUT2D eigenvalue weighted by atomic mass is 10.3. The maximum Gasteiger partial charge on any atom is 0.347 e. The summed E-state index contributed by atoms with van der Waals surface area (Å²) in [6.07, 6.45) is 0. The second-order valence-electron chi connectivity index (χ2n) is 2.61. The molecule has 0 aromatic carbocycles. The second kappa shape index (κ2) is 5.20. The average Bonchev–Trinajstić information content (AvgIpc) is 2.57. The number of aromatic amines is 1. The van der Waals surface area contributed by atoms with Crippen molar-refractivity contribution in [2.45, 2.75) is 6.92 Å². The molecule has 1 heterocycles. The van der Waals surface area contributed by atoms with Gasteiger partial charge in [-0.25, -0.2) is 4.79 Å². The fraction of sp³-hybridized carbons (Fsp3) is 0.500. The third-order valence-corrected chi connectivity index (χ3v) is 1.57. The van der Waals surface area contributed by atoms with Crippen molar-refractivity contribution in [2.75, 3.05) is 25.6 Å². The van der Waals surface area contributed by atoms with Crippen molar-refractivity contribution >= 4 is 11.8 Å². The highest BCUT2D eigenvalue weighted by atomic mass is 16.5. The third-order valence-electron chi connectivity index (χ3n) is 1.57. The van der Waals surface area contributed by atoms with E-state index in [1.165, 1.54) is 0 Å². The first kappa shape index (κ1) is 11.3. The van der Waals surface area contributed by atoms with E-state index in [2.05, 4.69) is 10.2 Å². The van der Waals surface area contributed by atoms with Crippen LogP contribution in [-0.2, 0) is 4.74 Å². The molecule has 15 heavy (non-hydrogen) atoms. The van der Waals surface area contributed by atoms with Gasteiger partial charge in [0, 0.05) is 0 Å². The molecule has 1 aromatic heterocycles. The summed E-state index contributed by atoms with van der Waals surface area (Å²) in [6.45, 7) is 1.79. The first-order chi connectivity index (χ1) is 7.20. The van der Waals surface area contributed by atoms with Gasteiger partial charge in [-0.3, -0.25) is 5.10 Å². The Morgan fingerprint density at radius 3 is 3.00 bits per heavy atom. The standard InChI is InChI=1S/C8H13N3O4/c1-2-14-8(13)5-6(9)10-11-7(5)15-4-3-12/h12H,2-4H2,1H3,(H3,9,10,11). The van der Waals surface area contributed by atoms with Crippen LogP contribution in [0.1, 0.15) is 17.3 Å². The minimum atomic E-state index is -0.600. The number of hydrogen-bond donors (Lipinski definition) is 3. The predicted octanol–water partition coefficient (Wildman–Crippen LogP) is -0.460. The number of carbonyl (C=O) groups is 1. The minimum absolute atomic E-state index is 0.0384. The van der Waals surface area contributed by atoms with Gasteiger partial charge in [-0.05, 0) is 6.92 Å². The van der Waals surface area contributed by atoms with Gasteiger partial charge < -0.3 is 20.3 Å². The van der Waals surface area contributed by atoms with Crippen LogP contribution in [0.4, 0.5) is 5.82 Å². The summed E-state index contributed by atoms with van der Waals surface area (Å²) < 4.78 is 9.77. The number of aromatic nitrogens is 2. The summed E-state index contributed by atoms with van der Waals surface area (Å²) in [5, 5.41) is 14.6. The van der Waals surface area contributed by atoms with Gasteiger partial charge >= 0.3 is 5.97 Å². The Labute approximate surface area is 86.2 Å². The van der Waals surface area contributed by atoms with Gasteiger partial charge in [0.2, 0.25) is 5.88 Å². The Hall–Kier alpha value is -1.76. The van der Waals surface area contributed by atoms with Crippen LogP contribution in [0.15, 0.2) is 0 Å². The van der Waals surface area contributed by atoms with E-state index in [0.29, 0.717) is 0 Å². The van der Waals surface area contributed by atoms with Gasteiger partial charge in [0.1, 0.15) is 12.4 Å². The summed E-state index contributed by atoms with van der Waals surface area (Å²) in [7, 11) is 0. The highest BCUT2D eigenvalue weighted by Gasteiger charge is 2.21. The van der Waals surface area contributed by atoms with Gasteiger partial charge in [0.15, 0.2) is 5.56 Å². The Morgan fingerprint density at radius 2 is 2.40 bits per heavy atom. The van der Waals surface area contributed by atoms with Gasteiger partial charge in [-0.15, -0.1) is 5.10 Å². The zero-order chi connectivity index (χ0) is 11.3. The van der Waals surface area contributed by atoms with E-state index in [4.69, 9.17) is 20.3 Å². The number of rotatable bonds is 5. The van der Waals surface area contributed by atoms with Crippen molar-refractivity contribution in [2.24, 2.45) is 0 Å². The summed E-state index contributed by atoms with van der Waals surface area (Å²) in [4.78, 5) is 11.4. The number of H-pyrrole nitrogens is 1. The summed E-state index contributed by atoms with van der Waals surface area (Å²) in [6, 6.07) is 0. The molecule has 7 nitrogen and oxygen atoms in total. The number of carbonyl (C=O) groups excluding carboxylic acids is 1. The summed E-state index contributed by atoms with van der Waals surface area (Å²) >= 11 is 0. The quantitative estimate of drug-likeness (QED) is 0.573. The molecular weight excluding hydrogens is 202 g/mol. The van der Waals surface area contributed by atoms with E-state index >= 15 is 0 Å². The lowest BCUT2D eigenvalue weighted by molar-refractivity contribution is 0.0521. The van der Waals surface area contributed by atoms with Crippen LogP contribution in [0.25, 0.3) is 0 Å². The van der Waals surface area contributed by atoms with Gasteiger partial charge in [-0.2, -0.15) is 0 Å². The zero-order valence-electron chi connectivity index (χ0n) is 8.32. The first-order valence-corrected chi connectivity index (χ1v) is 4.45. The molecule has 0 fully saturated rings. The number of hydrogen-bond acceptors (Lipinski definition) is 6. The van der Waals surface area contributed by atoms with E-state index in [1.807, 2.05) is 0 Å². The largest absolute Gasteiger partial charge is 0.474 e. The highest BCUT2D eigenvalue weighted by Crippen LogP contribution is 2.21. The Bertz CT molecular complexity index is 337. The van der Waals surface area contributed by atoms with Crippen molar-refractivity contribution in [1.82, 2.24) is 10.2 Å². The molecule has 1 rings (SSSR count).